The molecule has 0 fully saturated rings. The maximum atomic E-state index is 5.96. The van der Waals surface area contributed by atoms with E-state index in [9.17, 15) is 0 Å². The lowest BCUT2D eigenvalue weighted by molar-refractivity contribution is 0.0632. The third kappa shape index (κ3) is 5.81. The highest BCUT2D eigenvalue weighted by atomic mass is 28.4. The van der Waals surface area contributed by atoms with Crippen molar-refractivity contribution in [3.63, 3.8) is 0 Å². The van der Waals surface area contributed by atoms with Crippen LogP contribution in [-0.4, -0.2) is 29.2 Å². The minimum absolute atomic E-state index is 0.0331. The molecule has 2 atom stereocenters. The van der Waals surface area contributed by atoms with Crippen LogP contribution in [-0.2, 0) is 8.85 Å². The van der Waals surface area contributed by atoms with Crippen LogP contribution >= 0.6 is 0 Å². The van der Waals surface area contributed by atoms with Crippen molar-refractivity contribution in [3.8, 4) is 0 Å². The molecule has 0 bridgehead atoms. The highest BCUT2D eigenvalue weighted by Gasteiger charge is 2.26. The molecule has 6 heteroatoms. The van der Waals surface area contributed by atoms with Crippen molar-refractivity contribution in [2.45, 2.75) is 51.9 Å². The molecule has 1 heterocycles. The molecule has 0 saturated carbocycles. The van der Waals surface area contributed by atoms with Crippen LogP contribution in [0.2, 0.25) is 39.3 Å². The standard InChI is InChI=1S/C10H24N2O2Si2/c1-15(2,3)13-9-7-8-11-10(12-9)14-16(4,5)6/h7-12H,1-6H3. The lowest BCUT2D eigenvalue weighted by atomic mass is 10.5. The monoisotopic (exact) mass is 260 g/mol. The molecule has 0 amide bonds. The summed E-state index contributed by atoms with van der Waals surface area (Å²) in [6, 6.07) is 0. The number of rotatable bonds is 4. The fourth-order valence-corrected chi connectivity index (χ4v) is 3.11. The fraction of sp³-hybridized carbons (Fsp3) is 0.800. The van der Waals surface area contributed by atoms with Crippen molar-refractivity contribution in [1.29, 1.82) is 0 Å². The molecule has 0 radical (unpaired) electrons. The van der Waals surface area contributed by atoms with E-state index in [2.05, 4.69) is 49.9 Å². The summed E-state index contributed by atoms with van der Waals surface area (Å²) in [6.07, 6.45) is 3.74. The molecule has 1 rings (SSSR count). The molecular weight excluding hydrogens is 236 g/mol. The average Bonchev–Trinajstić information content (AvgIpc) is 1.96. The predicted octanol–water partition coefficient (Wildman–Crippen LogP) is 2.01. The van der Waals surface area contributed by atoms with Crippen LogP contribution in [0.3, 0.4) is 0 Å². The van der Waals surface area contributed by atoms with E-state index in [4.69, 9.17) is 8.85 Å². The van der Waals surface area contributed by atoms with Crippen LogP contribution in [0.25, 0.3) is 0 Å². The minimum Gasteiger partial charge on any atom is -0.399 e. The van der Waals surface area contributed by atoms with E-state index < -0.39 is 16.6 Å². The number of nitrogens with one attached hydrogen (secondary N) is 2. The van der Waals surface area contributed by atoms with Gasteiger partial charge in [0, 0.05) is 0 Å². The van der Waals surface area contributed by atoms with Crippen LogP contribution in [0.4, 0.5) is 0 Å². The zero-order valence-electron chi connectivity index (χ0n) is 11.1. The Balaban J connectivity index is 2.48. The second-order valence-corrected chi connectivity index (χ2v) is 14.9. The SMILES string of the molecule is C[Si](C)(C)OC1C=CNC(O[Si](C)(C)C)N1. The van der Waals surface area contributed by atoms with Gasteiger partial charge in [0.2, 0.25) is 0 Å². The zero-order valence-corrected chi connectivity index (χ0v) is 13.1. The molecule has 0 spiro atoms. The molecule has 1 aliphatic rings. The average molecular weight is 260 g/mol. The molecule has 2 N–H and O–H groups in total. The van der Waals surface area contributed by atoms with Crippen molar-refractivity contribution in [2.24, 2.45) is 0 Å². The van der Waals surface area contributed by atoms with Crippen LogP contribution < -0.4 is 10.6 Å². The van der Waals surface area contributed by atoms with E-state index in [0.717, 1.165) is 0 Å². The van der Waals surface area contributed by atoms with E-state index >= 15 is 0 Å². The molecule has 1 aliphatic heterocycles. The lowest BCUT2D eigenvalue weighted by Crippen LogP contribution is -2.56. The smallest absolute Gasteiger partial charge is 0.188 e. The van der Waals surface area contributed by atoms with Crippen molar-refractivity contribution in [3.05, 3.63) is 12.3 Å². The minimum atomic E-state index is -1.54. The van der Waals surface area contributed by atoms with Gasteiger partial charge in [-0.15, -0.1) is 0 Å². The molecular formula is C10H24N2O2Si2. The predicted molar refractivity (Wildman–Crippen MR) is 71.8 cm³/mol. The van der Waals surface area contributed by atoms with Gasteiger partial charge in [0.15, 0.2) is 23.0 Å². The molecule has 0 aliphatic carbocycles. The van der Waals surface area contributed by atoms with Gasteiger partial charge in [0.1, 0.15) is 6.23 Å². The Labute approximate surface area is 101 Å². The molecule has 94 valence electrons. The van der Waals surface area contributed by atoms with Gasteiger partial charge < -0.3 is 14.2 Å². The molecule has 16 heavy (non-hydrogen) atoms. The van der Waals surface area contributed by atoms with Gasteiger partial charge in [-0.2, -0.15) is 0 Å². The first-order valence-electron chi connectivity index (χ1n) is 5.70. The molecule has 4 nitrogen and oxygen atoms in total. The van der Waals surface area contributed by atoms with E-state index in [-0.39, 0.29) is 12.6 Å². The van der Waals surface area contributed by atoms with Crippen molar-refractivity contribution >= 4 is 16.6 Å². The van der Waals surface area contributed by atoms with Gasteiger partial charge in [0.05, 0.1) is 0 Å². The molecule has 0 aromatic carbocycles. The van der Waals surface area contributed by atoms with E-state index in [1.165, 1.54) is 0 Å². The van der Waals surface area contributed by atoms with Gasteiger partial charge in [-0.3, -0.25) is 0 Å². The number of hydrogen-bond acceptors (Lipinski definition) is 4. The van der Waals surface area contributed by atoms with Crippen LogP contribution in [0.15, 0.2) is 12.3 Å². The molecule has 0 saturated heterocycles. The second kappa shape index (κ2) is 5.01. The summed E-state index contributed by atoms with van der Waals surface area (Å²) in [4.78, 5) is 0. The highest BCUT2D eigenvalue weighted by Crippen LogP contribution is 2.11. The Morgan fingerprint density at radius 3 is 2.00 bits per heavy atom. The Morgan fingerprint density at radius 1 is 0.938 bits per heavy atom. The quantitative estimate of drug-likeness (QED) is 0.759. The maximum Gasteiger partial charge on any atom is 0.188 e. The first-order valence-corrected chi connectivity index (χ1v) is 12.5. The summed E-state index contributed by atoms with van der Waals surface area (Å²) in [7, 11) is -3.05. The largest absolute Gasteiger partial charge is 0.399 e. The molecule has 0 aromatic heterocycles. The van der Waals surface area contributed by atoms with Crippen LogP contribution in [0.1, 0.15) is 0 Å². The van der Waals surface area contributed by atoms with Gasteiger partial charge in [-0.05, 0) is 51.6 Å². The Bertz CT molecular complexity index is 259. The van der Waals surface area contributed by atoms with E-state index in [0.29, 0.717) is 0 Å². The van der Waals surface area contributed by atoms with Gasteiger partial charge in [-0.1, -0.05) is 0 Å². The third-order valence-electron chi connectivity index (χ3n) is 1.79. The number of hydrogen-bond donors (Lipinski definition) is 2. The topological polar surface area (TPSA) is 42.5 Å². The second-order valence-electron chi connectivity index (χ2n) is 5.95. The van der Waals surface area contributed by atoms with Gasteiger partial charge in [0.25, 0.3) is 0 Å². The summed E-state index contributed by atoms with van der Waals surface area (Å²) in [6.45, 7) is 13.0. The van der Waals surface area contributed by atoms with E-state index in [1.54, 1.807) is 0 Å². The van der Waals surface area contributed by atoms with Crippen LogP contribution in [0, 0.1) is 0 Å². The summed E-state index contributed by atoms with van der Waals surface area (Å²) in [5.74, 6) is 0. The fourth-order valence-electron chi connectivity index (χ4n) is 1.36. The third-order valence-corrected chi connectivity index (χ3v) is 3.69. The Hall–Kier alpha value is -0.146. The first kappa shape index (κ1) is 13.9. The van der Waals surface area contributed by atoms with Crippen LogP contribution in [0.5, 0.6) is 0 Å². The van der Waals surface area contributed by atoms with Crippen molar-refractivity contribution in [1.82, 2.24) is 10.6 Å². The molecule has 2 unspecified atom stereocenters. The van der Waals surface area contributed by atoms with Crippen molar-refractivity contribution in [2.75, 3.05) is 0 Å². The highest BCUT2D eigenvalue weighted by molar-refractivity contribution is 6.70. The van der Waals surface area contributed by atoms with Gasteiger partial charge in [-0.25, -0.2) is 5.32 Å². The lowest BCUT2D eigenvalue weighted by Gasteiger charge is -2.35. The zero-order chi connectivity index (χ0) is 12.4. The first-order chi connectivity index (χ1) is 7.16. The summed E-state index contributed by atoms with van der Waals surface area (Å²) in [5, 5.41) is 6.44. The summed E-state index contributed by atoms with van der Waals surface area (Å²) < 4.78 is 11.9. The maximum absolute atomic E-state index is 5.96. The Kier molecular flexibility index (Phi) is 4.36. The van der Waals surface area contributed by atoms with Crippen molar-refractivity contribution < 1.29 is 8.85 Å². The summed E-state index contributed by atoms with van der Waals surface area (Å²) in [5.41, 5.74) is 0. The normalized spacial score (nSPS) is 26.6. The molecule has 0 aromatic rings. The van der Waals surface area contributed by atoms with E-state index in [1.807, 2.05) is 12.3 Å². The van der Waals surface area contributed by atoms with Gasteiger partial charge >= 0.3 is 0 Å². The summed E-state index contributed by atoms with van der Waals surface area (Å²) >= 11 is 0. The Morgan fingerprint density at radius 2 is 1.50 bits per heavy atom.